The molecule has 5 heteroatoms. The highest BCUT2D eigenvalue weighted by Crippen LogP contribution is 2.27. The molecular weight excluding hydrogens is 334 g/mol. The topological polar surface area (TPSA) is 55.4 Å². The maximum Gasteiger partial charge on any atom is 0.348 e. The van der Waals surface area contributed by atoms with Crippen LogP contribution in [0.1, 0.15) is 14.5 Å². The largest absolute Gasteiger partial charge is 0.451 e. The summed E-state index contributed by atoms with van der Waals surface area (Å²) < 4.78 is 5.08. The molecule has 1 aromatic heterocycles. The fraction of sp³-hybridized carbons (Fsp3) is 0.100. The quantitative estimate of drug-likeness (QED) is 0.688. The van der Waals surface area contributed by atoms with Crippen molar-refractivity contribution in [3.05, 3.63) is 76.5 Å². The van der Waals surface area contributed by atoms with E-state index in [1.54, 1.807) is 6.07 Å². The van der Waals surface area contributed by atoms with E-state index in [0.717, 1.165) is 16.0 Å². The second-order valence-electron chi connectivity index (χ2n) is 5.45. The Balaban J connectivity index is 1.65. The van der Waals surface area contributed by atoms with E-state index in [4.69, 9.17) is 4.74 Å². The van der Waals surface area contributed by atoms with Gasteiger partial charge < -0.3 is 10.1 Å². The number of carbonyl (C=O) groups is 2. The first-order valence-electron chi connectivity index (χ1n) is 7.81. The number of esters is 1. The normalized spacial score (nSPS) is 10.3. The Bertz CT molecular complexity index is 887. The van der Waals surface area contributed by atoms with Crippen LogP contribution < -0.4 is 5.32 Å². The average molecular weight is 351 g/mol. The lowest BCUT2D eigenvalue weighted by Gasteiger charge is -2.11. The van der Waals surface area contributed by atoms with Crippen LogP contribution in [0.4, 0.5) is 5.69 Å². The van der Waals surface area contributed by atoms with Gasteiger partial charge in [0.25, 0.3) is 5.91 Å². The summed E-state index contributed by atoms with van der Waals surface area (Å²) >= 11 is 1.34. The molecule has 0 aliphatic heterocycles. The summed E-state index contributed by atoms with van der Waals surface area (Å²) in [6, 6.07) is 20.8. The van der Waals surface area contributed by atoms with E-state index >= 15 is 0 Å². The number of nitrogens with one attached hydrogen (secondary N) is 1. The van der Waals surface area contributed by atoms with E-state index in [0.29, 0.717) is 10.6 Å². The molecule has 0 saturated carbocycles. The molecular formula is C20H17NO3S. The molecule has 1 N–H and O–H groups in total. The van der Waals surface area contributed by atoms with E-state index in [-0.39, 0.29) is 12.5 Å². The summed E-state index contributed by atoms with van der Waals surface area (Å²) in [7, 11) is 0. The third-order valence-corrected chi connectivity index (χ3v) is 4.54. The molecule has 1 amide bonds. The summed E-state index contributed by atoms with van der Waals surface area (Å²) in [5, 5.41) is 2.81. The molecule has 0 spiro atoms. The zero-order valence-corrected chi connectivity index (χ0v) is 14.5. The van der Waals surface area contributed by atoms with E-state index in [2.05, 4.69) is 5.32 Å². The number of hydrogen-bond donors (Lipinski definition) is 1. The highest BCUT2D eigenvalue weighted by atomic mass is 32.1. The summed E-state index contributed by atoms with van der Waals surface area (Å²) in [5.41, 5.74) is 2.60. The molecule has 0 aliphatic carbocycles. The zero-order valence-electron chi connectivity index (χ0n) is 13.7. The van der Waals surface area contributed by atoms with Crippen LogP contribution in [0.25, 0.3) is 11.1 Å². The SMILES string of the molecule is Cc1ccc(C(=O)OCC(=O)Nc2ccccc2-c2ccccc2)s1. The number of anilines is 1. The molecule has 0 fully saturated rings. The van der Waals surface area contributed by atoms with Gasteiger partial charge in [0.2, 0.25) is 0 Å². The minimum absolute atomic E-state index is 0.321. The number of rotatable bonds is 5. The monoisotopic (exact) mass is 351 g/mol. The molecule has 0 aliphatic rings. The third-order valence-electron chi connectivity index (χ3n) is 3.56. The summed E-state index contributed by atoms with van der Waals surface area (Å²) in [5.74, 6) is -0.852. The van der Waals surface area contributed by atoms with Crippen molar-refractivity contribution in [3.8, 4) is 11.1 Å². The van der Waals surface area contributed by atoms with Crippen molar-refractivity contribution in [1.82, 2.24) is 0 Å². The number of amides is 1. The van der Waals surface area contributed by atoms with Crippen molar-refractivity contribution in [3.63, 3.8) is 0 Å². The van der Waals surface area contributed by atoms with Crippen LogP contribution in [0.5, 0.6) is 0 Å². The molecule has 1 heterocycles. The van der Waals surface area contributed by atoms with Gasteiger partial charge in [-0.25, -0.2) is 4.79 Å². The van der Waals surface area contributed by atoms with Gasteiger partial charge in [-0.3, -0.25) is 4.79 Å². The van der Waals surface area contributed by atoms with Gasteiger partial charge in [0.05, 0.1) is 0 Å². The molecule has 0 radical (unpaired) electrons. The lowest BCUT2D eigenvalue weighted by atomic mass is 10.0. The smallest absolute Gasteiger partial charge is 0.348 e. The first-order valence-corrected chi connectivity index (χ1v) is 8.63. The number of aryl methyl sites for hydroxylation is 1. The molecule has 0 atom stereocenters. The van der Waals surface area contributed by atoms with Crippen molar-refractivity contribution in [2.75, 3.05) is 11.9 Å². The van der Waals surface area contributed by atoms with Crippen molar-refractivity contribution in [2.24, 2.45) is 0 Å². The van der Waals surface area contributed by atoms with E-state index < -0.39 is 5.97 Å². The Morgan fingerprint density at radius 2 is 1.68 bits per heavy atom. The van der Waals surface area contributed by atoms with Gasteiger partial charge in [-0.2, -0.15) is 0 Å². The number of carbonyl (C=O) groups excluding carboxylic acids is 2. The van der Waals surface area contributed by atoms with Gasteiger partial charge >= 0.3 is 5.97 Å². The molecule has 3 rings (SSSR count). The van der Waals surface area contributed by atoms with Crippen LogP contribution in [-0.4, -0.2) is 18.5 Å². The van der Waals surface area contributed by atoms with Gasteiger partial charge in [-0.15, -0.1) is 11.3 Å². The number of ether oxygens (including phenoxy) is 1. The maximum absolute atomic E-state index is 12.2. The van der Waals surface area contributed by atoms with Gasteiger partial charge in [-0.1, -0.05) is 48.5 Å². The van der Waals surface area contributed by atoms with Crippen LogP contribution >= 0.6 is 11.3 Å². The van der Waals surface area contributed by atoms with Crippen molar-refractivity contribution in [2.45, 2.75) is 6.92 Å². The van der Waals surface area contributed by atoms with Gasteiger partial charge in [0.15, 0.2) is 6.61 Å². The highest BCUT2D eigenvalue weighted by molar-refractivity contribution is 7.13. The third kappa shape index (κ3) is 4.33. The van der Waals surface area contributed by atoms with Crippen LogP contribution in [0.2, 0.25) is 0 Å². The van der Waals surface area contributed by atoms with Gasteiger partial charge in [0, 0.05) is 16.1 Å². The van der Waals surface area contributed by atoms with Crippen LogP contribution in [-0.2, 0) is 9.53 Å². The van der Waals surface area contributed by atoms with Crippen molar-refractivity contribution >= 4 is 28.9 Å². The van der Waals surface area contributed by atoms with Crippen molar-refractivity contribution in [1.29, 1.82) is 0 Å². The molecule has 3 aromatic rings. The minimum Gasteiger partial charge on any atom is -0.451 e. The van der Waals surface area contributed by atoms with E-state index in [1.165, 1.54) is 11.3 Å². The molecule has 126 valence electrons. The number of para-hydroxylation sites is 1. The number of thiophene rings is 1. The number of benzene rings is 2. The standard InChI is InChI=1S/C20H17NO3S/c1-14-11-12-18(25-14)20(23)24-13-19(22)21-17-10-6-5-9-16(17)15-7-3-2-4-8-15/h2-12H,13H2,1H3,(H,21,22). The van der Waals surface area contributed by atoms with Crippen LogP contribution in [0.15, 0.2) is 66.7 Å². The Hall–Kier alpha value is -2.92. The fourth-order valence-electron chi connectivity index (χ4n) is 2.39. The van der Waals surface area contributed by atoms with Crippen LogP contribution in [0.3, 0.4) is 0 Å². The lowest BCUT2D eigenvalue weighted by molar-refractivity contribution is -0.119. The lowest BCUT2D eigenvalue weighted by Crippen LogP contribution is -2.20. The Labute approximate surface area is 150 Å². The maximum atomic E-state index is 12.2. The fourth-order valence-corrected chi connectivity index (χ4v) is 3.16. The van der Waals surface area contributed by atoms with Gasteiger partial charge in [-0.05, 0) is 30.7 Å². The first-order chi connectivity index (χ1) is 12.1. The Morgan fingerprint density at radius 1 is 0.960 bits per heavy atom. The predicted molar refractivity (Wildman–Crippen MR) is 99.8 cm³/mol. The molecule has 2 aromatic carbocycles. The minimum atomic E-state index is -0.482. The predicted octanol–water partition coefficient (Wildman–Crippen LogP) is 4.52. The second-order valence-corrected chi connectivity index (χ2v) is 6.73. The molecule has 0 saturated heterocycles. The number of hydrogen-bond acceptors (Lipinski definition) is 4. The Morgan fingerprint density at radius 3 is 2.40 bits per heavy atom. The first kappa shape index (κ1) is 16.9. The second kappa shape index (κ2) is 7.77. The summed E-state index contributed by atoms with van der Waals surface area (Å²) in [6.07, 6.45) is 0. The highest BCUT2D eigenvalue weighted by Gasteiger charge is 2.13. The van der Waals surface area contributed by atoms with Crippen LogP contribution in [0, 0.1) is 6.92 Å². The summed E-state index contributed by atoms with van der Waals surface area (Å²) in [6.45, 7) is 1.59. The average Bonchev–Trinajstić information content (AvgIpc) is 3.07. The molecule has 25 heavy (non-hydrogen) atoms. The van der Waals surface area contributed by atoms with E-state index in [9.17, 15) is 9.59 Å². The molecule has 4 nitrogen and oxygen atoms in total. The molecule has 0 unspecified atom stereocenters. The zero-order chi connectivity index (χ0) is 17.6. The van der Waals surface area contributed by atoms with Gasteiger partial charge in [0.1, 0.15) is 4.88 Å². The van der Waals surface area contributed by atoms with Crippen molar-refractivity contribution < 1.29 is 14.3 Å². The summed E-state index contributed by atoms with van der Waals surface area (Å²) in [4.78, 5) is 25.6. The van der Waals surface area contributed by atoms with E-state index in [1.807, 2.05) is 67.6 Å². The molecule has 0 bridgehead atoms. The Kier molecular flexibility index (Phi) is 5.26.